The standard InChI is InChI=1S/C9H9N5O2S/c1-6-5-17-8(13-6)4-12-9-10-2-7(3-11-9)14(15)16/h2-3,5H,4H2,1H3,(H,10,11,12). The Balaban J connectivity index is 1.97. The third kappa shape index (κ3) is 2.94. The van der Waals surface area contributed by atoms with Crippen molar-refractivity contribution in [3.63, 3.8) is 0 Å². The normalized spacial score (nSPS) is 10.2. The van der Waals surface area contributed by atoms with Crippen molar-refractivity contribution in [1.29, 1.82) is 0 Å². The molecular formula is C9H9N5O2S. The highest BCUT2D eigenvalue weighted by atomic mass is 32.1. The number of aryl methyl sites for hydroxylation is 1. The minimum Gasteiger partial charge on any atom is -0.348 e. The molecule has 1 N–H and O–H groups in total. The summed E-state index contributed by atoms with van der Waals surface area (Å²) >= 11 is 1.54. The molecule has 2 heterocycles. The van der Waals surface area contributed by atoms with Gasteiger partial charge in [0, 0.05) is 11.1 Å². The van der Waals surface area contributed by atoms with Crippen LogP contribution in [0.25, 0.3) is 0 Å². The predicted molar refractivity (Wildman–Crippen MR) is 62.9 cm³/mol. The van der Waals surface area contributed by atoms with E-state index in [1.54, 1.807) is 0 Å². The van der Waals surface area contributed by atoms with Crippen molar-refractivity contribution in [1.82, 2.24) is 15.0 Å². The quantitative estimate of drug-likeness (QED) is 0.657. The van der Waals surface area contributed by atoms with Crippen LogP contribution in [0.5, 0.6) is 0 Å². The third-order valence-corrected chi connectivity index (χ3v) is 2.88. The third-order valence-electron chi connectivity index (χ3n) is 1.91. The summed E-state index contributed by atoms with van der Waals surface area (Å²) in [7, 11) is 0. The summed E-state index contributed by atoms with van der Waals surface area (Å²) in [5, 5.41) is 16.2. The Bertz CT molecular complexity index is 524. The van der Waals surface area contributed by atoms with Crippen LogP contribution < -0.4 is 5.32 Å². The van der Waals surface area contributed by atoms with E-state index in [1.165, 1.54) is 23.7 Å². The first-order chi connectivity index (χ1) is 8.15. The molecule has 2 aromatic heterocycles. The van der Waals surface area contributed by atoms with E-state index in [9.17, 15) is 10.1 Å². The van der Waals surface area contributed by atoms with Gasteiger partial charge in [0.2, 0.25) is 5.95 Å². The lowest BCUT2D eigenvalue weighted by atomic mass is 10.5. The van der Waals surface area contributed by atoms with E-state index >= 15 is 0 Å². The highest BCUT2D eigenvalue weighted by Gasteiger charge is 2.06. The number of nitrogens with zero attached hydrogens (tertiary/aromatic N) is 4. The van der Waals surface area contributed by atoms with Crippen LogP contribution in [0.2, 0.25) is 0 Å². The van der Waals surface area contributed by atoms with Crippen molar-refractivity contribution in [2.45, 2.75) is 13.5 Å². The van der Waals surface area contributed by atoms with Gasteiger partial charge in [-0.2, -0.15) is 0 Å². The summed E-state index contributed by atoms with van der Waals surface area (Å²) in [6.07, 6.45) is 2.34. The van der Waals surface area contributed by atoms with Gasteiger partial charge in [0.05, 0.1) is 11.5 Å². The van der Waals surface area contributed by atoms with Gasteiger partial charge >= 0.3 is 5.69 Å². The number of nitrogens with one attached hydrogen (secondary N) is 1. The maximum atomic E-state index is 10.4. The van der Waals surface area contributed by atoms with E-state index in [-0.39, 0.29) is 5.69 Å². The summed E-state index contributed by atoms with van der Waals surface area (Å²) in [6, 6.07) is 0. The highest BCUT2D eigenvalue weighted by Crippen LogP contribution is 2.11. The number of thiazole rings is 1. The molecule has 7 nitrogen and oxygen atoms in total. The van der Waals surface area contributed by atoms with E-state index in [2.05, 4.69) is 20.3 Å². The van der Waals surface area contributed by atoms with Crippen LogP contribution >= 0.6 is 11.3 Å². The second kappa shape index (κ2) is 4.83. The summed E-state index contributed by atoms with van der Waals surface area (Å²) in [5.74, 6) is 0.350. The van der Waals surface area contributed by atoms with Crippen molar-refractivity contribution in [3.8, 4) is 0 Å². The minimum atomic E-state index is -0.534. The second-order valence-electron chi connectivity index (χ2n) is 3.26. The van der Waals surface area contributed by atoms with Crippen LogP contribution in [0, 0.1) is 17.0 Å². The lowest BCUT2D eigenvalue weighted by Crippen LogP contribution is -2.03. The van der Waals surface area contributed by atoms with Crippen LogP contribution in [0.15, 0.2) is 17.8 Å². The number of rotatable bonds is 4. The summed E-state index contributed by atoms with van der Waals surface area (Å²) in [6.45, 7) is 2.43. The van der Waals surface area contributed by atoms with Crippen molar-refractivity contribution in [2.24, 2.45) is 0 Å². The number of hydrogen-bond donors (Lipinski definition) is 1. The molecule has 2 rings (SSSR count). The molecule has 2 aromatic rings. The largest absolute Gasteiger partial charge is 0.348 e. The fraction of sp³-hybridized carbons (Fsp3) is 0.222. The van der Waals surface area contributed by atoms with Crippen molar-refractivity contribution < 1.29 is 4.92 Å². The summed E-state index contributed by atoms with van der Waals surface area (Å²) in [5.41, 5.74) is 0.845. The first kappa shape index (κ1) is 11.4. The second-order valence-corrected chi connectivity index (χ2v) is 4.20. The van der Waals surface area contributed by atoms with Gasteiger partial charge in [0.25, 0.3) is 0 Å². The Morgan fingerprint density at radius 2 is 2.18 bits per heavy atom. The Kier molecular flexibility index (Phi) is 3.24. The van der Waals surface area contributed by atoms with E-state index in [0.29, 0.717) is 12.5 Å². The molecule has 0 saturated heterocycles. The maximum Gasteiger partial charge on any atom is 0.305 e. The summed E-state index contributed by atoms with van der Waals surface area (Å²) in [4.78, 5) is 21.8. The average Bonchev–Trinajstić information content (AvgIpc) is 2.73. The minimum absolute atomic E-state index is 0.124. The predicted octanol–water partition coefficient (Wildman–Crippen LogP) is 1.76. The molecule has 17 heavy (non-hydrogen) atoms. The van der Waals surface area contributed by atoms with Crippen LogP contribution in [-0.4, -0.2) is 19.9 Å². The molecule has 0 unspecified atom stereocenters. The molecule has 0 spiro atoms. The first-order valence-electron chi connectivity index (χ1n) is 4.76. The van der Waals surface area contributed by atoms with Gasteiger partial charge in [0.15, 0.2) is 0 Å². The number of hydrogen-bond acceptors (Lipinski definition) is 7. The van der Waals surface area contributed by atoms with Gasteiger partial charge in [-0.25, -0.2) is 15.0 Å². The molecule has 0 fully saturated rings. The van der Waals surface area contributed by atoms with Crippen LogP contribution in [0.1, 0.15) is 10.7 Å². The molecule has 0 aliphatic carbocycles. The van der Waals surface area contributed by atoms with Crippen molar-refractivity contribution >= 4 is 23.0 Å². The zero-order chi connectivity index (χ0) is 12.3. The number of aromatic nitrogens is 3. The molecule has 0 amide bonds. The van der Waals surface area contributed by atoms with Gasteiger partial charge in [-0.3, -0.25) is 10.1 Å². The van der Waals surface area contributed by atoms with Gasteiger partial charge in [-0.05, 0) is 6.92 Å². The van der Waals surface area contributed by atoms with E-state index in [4.69, 9.17) is 0 Å². The van der Waals surface area contributed by atoms with Gasteiger partial charge in [-0.1, -0.05) is 0 Å². The highest BCUT2D eigenvalue weighted by molar-refractivity contribution is 7.09. The molecule has 0 bridgehead atoms. The molecule has 0 aliphatic heterocycles. The Hall–Kier alpha value is -2.09. The smallest absolute Gasteiger partial charge is 0.305 e. The Morgan fingerprint density at radius 1 is 1.47 bits per heavy atom. The zero-order valence-electron chi connectivity index (χ0n) is 8.95. The van der Waals surface area contributed by atoms with E-state index < -0.39 is 4.92 Å². The summed E-state index contributed by atoms with van der Waals surface area (Å²) < 4.78 is 0. The zero-order valence-corrected chi connectivity index (χ0v) is 9.77. The maximum absolute atomic E-state index is 10.4. The molecular weight excluding hydrogens is 242 g/mol. The fourth-order valence-corrected chi connectivity index (χ4v) is 1.86. The Labute approximate surface area is 101 Å². The molecule has 0 aliphatic rings. The number of nitro groups is 1. The van der Waals surface area contributed by atoms with Crippen molar-refractivity contribution in [2.75, 3.05) is 5.32 Å². The van der Waals surface area contributed by atoms with Crippen LogP contribution in [0.3, 0.4) is 0 Å². The molecule has 8 heteroatoms. The van der Waals surface area contributed by atoms with Crippen molar-refractivity contribution in [3.05, 3.63) is 38.6 Å². The molecule has 0 atom stereocenters. The molecule has 88 valence electrons. The van der Waals surface area contributed by atoms with E-state index in [1.807, 2.05) is 12.3 Å². The number of anilines is 1. The SMILES string of the molecule is Cc1csc(CNc2ncc([N+](=O)[O-])cn2)n1. The lowest BCUT2D eigenvalue weighted by molar-refractivity contribution is -0.385. The molecule has 0 aromatic carbocycles. The van der Waals surface area contributed by atoms with Crippen LogP contribution in [0.4, 0.5) is 11.6 Å². The monoisotopic (exact) mass is 251 g/mol. The first-order valence-corrected chi connectivity index (χ1v) is 5.64. The fourth-order valence-electron chi connectivity index (χ4n) is 1.15. The average molecular weight is 251 g/mol. The van der Waals surface area contributed by atoms with Crippen LogP contribution in [-0.2, 0) is 6.54 Å². The van der Waals surface area contributed by atoms with Gasteiger partial charge in [0.1, 0.15) is 17.4 Å². The Morgan fingerprint density at radius 3 is 2.71 bits per heavy atom. The lowest BCUT2D eigenvalue weighted by Gasteiger charge is -2.00. The van der Waals surface area contributed by atoms with Gasteiger partial charge in [-0.15, -0.1) is 11.3 Å². The van der Waals surface area contributed by atoms with Gasteiger partial charge < -0.3 is 5.32 Å². The molecule has 0 radical (unpaired) electrons. The topological polar surface area (TPSA) is 93.8 Å². The van der Waals surface area contributed by atoms with E-state index in [0.717, 1.165) is 10.7 Å². The molecule has 0 saturated carbocycles.